The van der Waals surface area contributed by atoms with E-state index in [0.717, 1.165) is 22.3 Å². The van der Waals surface area contributed by atoms with Crippen molar-refractivity contribution >= 4 is 23.2 Å². The molecule has 1 heterocycles. The second kappa shape index (κ2) is 8.25. The lowest BCUT2D eigenvalue weighted by Gasteiger charge is -2.40. The fourth-order valence-corrected chi connectivity index (χ4v) is 4.07. The van der Waals surface area contributed by atoms with Gasteiger partial charge < -0.3 is 21.1 Å². The predicted molar refractivity (Wildman–Crippen MR) is 124 cm³/mol. The van der Waals surface area contributed by atoms with Crippen molar-refractivity contribution < 1.29 is 14.7 Å². The highest BCUT2D eigenvalue weighted by molar-refractivity contribution is 6.00. The highest BCUT2D eigenvalue weighted by Gasteiger charge is 2.41. The van der Waals surface area contributed by atoms with E-state index in [9.17, 15) is 14.7 Å². The second-order valence-corrected chi connectivity index (χ2v) is 9.18. The molecule has 6 heteroatoms. The Bertz CT molecular complexity index is 1040. The van der Waals surface area contributed by atoms with E-state index in [1.54, 1.807) is 24.0 Å². The molecule has 0 saturated heterocycles. The van der Waals surface area contributed by atoms with E-state index in [0.29, 0.717) is 36.3 Å². The number of carbonyl (C=O) groups is 2. The van der Waals surface area contributed by atoms with E-state index >= 15 is 0 Å². The third-order valence-electron chi connectivity index (χ3n) is 6.68. The average Bonchev–Trinajstić information content (AvgIpc) is 2.74. The Labute approximate surface area is 184 Å². The van der Waals surface area contributed by atoms with Gasteiger partial charge in [0.05, 0.1) is 0 Å². The van der Waals surface area contributed by atoms with Crippen molar-refractivity contribution in [3.8, 4) is 5.75 Å². The van der Waals surface area contributed by atoms with Gasteiger partial charge in [-0.1, -0.05) is 26.8 Å². The molecular formula is C25H33N3O3. The molecule has 4 N–H and O–H groups in total. The Balaban J connectivity index is 2.06. The zero-order valence-corrected chi connectivity index (χ0v) is 19.3. The number of nitrogens with zero attached hydrogens (tertiary/aromatic N) is 1. The third kappa shape index (κ3) is 4.11. The maximum absolute atomic E-state index is 13.6. The molecule has 2 amide bonds. The average molecular weight is 424 g/mol. The van der Waals surface area contributed by atoms with Gasteiger partial charge in [-0.15, -0.1) is 0 Å². The number of carbonyl (C=O) groups excluding carboxylic acids is 2. The van der Waals surface area contributed by atoms with Crippen LogP contribution in [-0.2, 0) is 16.0 Å². The molecule has 0 aromatic heterocycles. The summed E-state index contributed by atoms with van der Waals surface area (Å²) < 4.78 is 0. The van der Waals surface area contributed by atoms with Crippen LogP contribution in [0.15, 0.2) is 24.3 Å². The quantitative estimate of drug-likeness (QED) is 0.502. The molecule has 1 aliphatic rings. The van der Waals surface area contributed by atoms with Crippen LogP contribution in [0.5, 0.6) is 5.75 Å². The van der Waals surface area contributed by atoms with Gasteiger partial charge in [0.25, 0.3) is 5.91 Å². The van der Waals surface area contributed by atoms with Gasteiger partial charge in [0.1, 0.15) is 11.8 Å². The predicted octanol–water partition coefficient (Wildman–Crippen LogP) is 4.40. The number of anilines is 2. The van der Waals surface area contributed by atoms with E-state index in [4.69, 9.17) is 5.73 Å². The summed E-state index contributed by atoms with van der Waals surface area (Å²) in [5.41, 5.74) is 10.7. The third-order valence-corrected chi connectivity index (χ3v) is 6.68. The van der Waals surface area contributed by atoms with Crippen molar-refractivity contribution in [3.05, 3.63) is 52.1 Å². The standard InChI is InChI=1S/C25H33N3O3/c1-7-25(5,6)24(31)28-11-10-17-8-9-18(26)13-19(17)21(28)23(30)27-20-12-14(2)22(29)16(4)15(20)3/h8-9,12-13,21,29H,7,10-11,26H2,1-6H3,(H,27,30). The first-order valence-corrected chi connectivity index (χ1v) is 10.8. The fourth-order valence-electron chi connectivity index (χ4n) is 4.07. The van der Waals surface area contributed by atoms with Gasteiger partial charge in [-0.2, -0.15) is 0 Å². The molecule has 6 nitrogen and oxygen atoms in total. The number of rotatable bonds is 4. The molecule has 0 aliphatic carbocycles. The molecule has 1 unspecified atom stereocenters. The van der Waals surface area contributed by atoms with Crippen molar-refractivity contribution in [2.24, 2.45) is 5.41 Å². The van der Waals surface area contributed by atoms with E-state index in [1.807, 2.05) is 46.8 Å². The Kier molecular flexibility index (Phi) is 6.03. The lowest BCUT2D eigenvalue weighted by molar-refractivity contribution is -0.147. The normalized spacial score (nSPS) is 16.1. The topological polar surface area (TPSA) is 95.7 Å². The minimum atomic E-state index is -0.764. The largest absolute Gasteiger partial charge is 0.507 e. The van der Waals surface area contributed by atoms with Gasteiger partial charge in [-0.25, -0.2) is 0 Å². The smallest absolute Gasteiger partial charge is 0.251 e. The maximum Gasteiger partial charge on any atom is 0.251 e. The van der Waals surface area contributed by atoms with Crippen LogP contribution in [0.3, 0.4) is 0 Å². The Hall–Kier alpha value is -3.02. The summed E-state index contributed by atoms with van der Waals surface area (Å²) in [5.74, 6) is -0.0924. The molecule has 1 aliphatic heterocycles. The zero-order chi connectivity index (χ0) is 23.1. The number of phenols is 1. The summed E-state index contributed by atoms with van der Waals surface area (Å²) in [4.78, 5) is 28.7. The zero-order valence-electron chi connectivity index (χ0n) is 19.3. The van der Waals surface area contributed by atoms with Crippen molar-refractivity contribution in [2.75, 3.05) is 17.6 Å². The first kappa shape index (κ1) is 22.7. The van der Waals surface area contributed by atoms with Gasteiger partial charge in [-0.3, -0.25) is 9.59 Å². The van der Waals surface area contributed by atoms with E-state index in [2.05, 4.69) is 5.32 Å². The molecule has 1 atom stereocenters. The van der Waals surface area contributed by atoms with Crippen molar-refractivity contribution in [3.63, 3.8) is 0 Å². The van der Waals surface area contributed by atoms with Crippen LogP contribution in [0.25, 0.3) is 0 Å². The molecule has 0 bridgehead atoms. The number of nitrogens with one attached hydrogen (secondary N) is 1. The number of phenolic OH excluding ortho intramolecular Hbond substituents is 1. The number of fused-ring (bicyclic) bond motifs is 1. The van der Waals surface area contributed by atoms with E-state index < -0.39 is 11.5 Å². The number of hydrogen-bond donors (Lipinski definition) is 3. The molecule has 2 aromatic carbocycles. The van der Waals surface area contributed by atoms with Crippen LogP contribution >= 0.6 is 0 Å². The molecule has 0 radical (unpaired) electrons. The van der Waals surface area contributed by atoms with Gasteiger partial charge in [0.2, 0.25) is 5.91 Å². The lowest BCUT2D eigenvalue weighted by Crippen LogP contribution is -2.49. The van der Waals surface area contributed by atoms with Crippen molar-refractivity contribution in [2.45, 2.75) is 60.4 Å². The first-order valence-electron chi connectivity index (χ1n) is 10.8. The van der Waals surface area contributed by atoms with E-state index in [-0.39, 0.29) is 17.6 Å². The summed E-state index contributed by atoms with van der Waals surface area (Å²) in [7, 11) is 0. The SMILES string of the molecule is CCC(C)(C)C(=O)N1CCc2ccc(N)cc2C1C(=O)Nc1cc(C)c(O)c(C)c1C. The number of aryl methyl sites for hydroxylation is 1. The van der Waals surface area contributed by atoms with Crippen LogP contribution in [0, 0.1) is 26.2 Å². The van der Waals surface area contributed by atoms with Gasteiger partial charge in [0.15, 0.2) is 0 Å². The van der Waals surface area contributed by atoms with Crippen LogP contribution in [0.1, 0.15) is 61.1 Å². The molecule has 166 valence electrons. The van der Waals surface area contributed by atoms with Gasteiger partial charge in [0, 0.05) is 23.3 Å². The maximum atomic E-state index is 13.6. The number of benzene rings is 2. The highest BCUT2D eigenvalue weighted by Crippen LogP contribution is 2.37. The van der Waals surface area contributed by atoms with Crippen molar-refractivity contribution in [1.29, 1.82) is 0 Å². The van der Waals surface area contributed by atoms with Crippen molar-refractivity contribution in [1.82, 2.24) is 4.90 Å². The Morgan fingerprint density at radius 1 is 1.19 bits per heavy atom. The Morgan fingerprint density at radius 3 is 2.52 bits per heavy atom. The Morgan fingerprint density at radius 2 is 1.87 bits per heavy atom. The fraction of sp³-hybridized carbons (Fsp3) is 0.440. The van der Waals surface area contributed by atoms with Gasteiger partial charge >= 0.3 is 0 Å². The van der Waals surface area contributed by atoms with Crippen LogP contribution in [-0.4, -0.2) is 28.4 Å². The highest BCUT2D eigenvalue weighted by atomic mass is 16.3. The first-order chi connectivity index (χ1) is 14.5. The molecule has 2 aromatic rings. The minimum Gasteiger partial charge on any atom is -0.507 e. The monoisotopic (exact) mass is 423 g/mol. The summed E-state index contributed by atoms with van der Waals surface area (Å²) in [6.45, 7) is 11.8. The number of nitrogens with two attached hydrogens (primary N) is 1. The summed E-state index contributed by atoms with van der Waals surface area (Å²) >= 11 is 0. The number of amides is 2. The van der Waals surface area contributed by atoms with Crippen LogP contribution < -0.4 is 11.1 Å². The molecule has 0 spiro atoms. The second-order valence-electron chi connectivity index (χ2n) is 9.18. The number of hydrogen-bond acceptors (Lipinski definition) is 4. The molecule has 0 saturated carbocycles. The molecule has 3 rings (SSSR count). The number of aromatic hydroxyl groups is 1. The van der Waals surface area contributed by atoms with Crippen LogP contribution in [0.4, 0.5) is 11.4 Å². The molecule has 31 heavy (non-hydrogen) atoms. The minimum absolute atomic E-state index is 0.0435. The summed E-state index contributed by atoms with van der Waals surface area (Å²) in [6.07, 6.45) is 1.36. The summed E-state index contributed by atoms with van der Waals surface area (Å²) in [6, 6.07) is 6.58. The van der Waals surface area contributed by atoms with Gasteiger partial charge in [-0.05, 0) is 79.6 Å². The lowest BCUT2D eigenvalue weighted by atomic mass is 9.84. The number of nitrogen functional groups attached to an aromatic ring is 1. The molecule has 0 fully saturated rings. The summed E-state index contributed by atoms with van der Waals surface area (Å²) in [5, 5.41) is 13.2. The molecular weight excluding hydrogens is 390 g/mol. The van der Waals surface area contributed by atoms with Crippen LogP contribution in [0.2, 0.25) is 0 Å². The van der Waals surface area contributed by atoms with E-state index in [1.165, 1.54) is 0 Å².